The fraction of sp³-hybridized carbons (Fsp3) is 0.0833. The van der Waals surface area contributed by atoms with Gasteiger partial charge in [-0.05, 0) is 18.2 Å². The number of methoxy groups -OCH3 is 1. The summed E-state index contributed by atoms with van der Waals surface area (Å²) >= 11 is 0. The molecule has 1 aromatic heterocycles. The van der Waals surface area contributed by atoms with Gasteiger partial charge in [-0.25, -0.2) is 4.98 Å². The van der Waals surface area contributed by atoms with E-state index in [1.54, 1.807) is 7.11 Å². The summed E-state index contributed by atoms with van der Waals surface area (Å²) in [5.41, 5.74) is 8.28. The maximum absolute atomic E-state index is 5.62. The van der Waals surface area contributed by atoms with E-state index in [2.05, 4.69) is 4.98 Å². The summed E-state index contributed by atoms with van der Waals surface area (Å²) < 4.78 is 5.06. The molecule has 0 aliphatic rings. The van der Waals surface area contributed by atoms with Crippen LogP contribution in [0.3, 0.4) is 0 Å². The van der Waals surface area contributed by atoms with Crippen molar-refractivity contribution in [2.75, 3.05) is 12.8 Å². The van der Waals surface area contributed by atoms with Crippen molar-refractivity contribution in [1.82, 2.24) is 4.98 Å². The van der Waals surface area contributed by atoms with Gasteiger partial charge in [0.2, 0.25) is 5.88 Å². The van der Waals surface area contributed by atoms with Gasteiger partial charge in [0.05, 0.1) is 12.8 Å². The Morgan fingerprint density at radius 3 is 2.47 bits per heavy atom. The zero-order chi connectivity index (χ0) is 10.7. The third-order valence-corrected chi connectivity index (χ3v) is 2.14. The van der Waals surface area contributed by atoms with Crippen molar-refractivity contribution in [3.05, 3.63) is 42.5 Å². The number of hydrogen-bond donors (Lipinski definition) is 1. The van der Waals surface area contributed by atoms with E-state index in [0.29, 0.717) is 5.88 Å². The summed E-state index contributed by atoms with van der Waals surface area (Å²) in [7, 11) is 1.61. The Balaban J connectivity index is 2.40. The van der Waals surface area contributed by atoms with Gasteiger partial charge in [0.1, 0.15) is 0 Å². The topological polar surface area (TPSA) is 48.1 Å². The molecule has 0 unspecified atom stereocenters. The standard InChI is InChI=1S/C12H12N2O/c1-15-12-4-2-3-11(14-12)9-5-7-10(13)8-6-9/h2-8H,13H2,1H3. The minimum Gasteiger partial charge on any atom is -0.481 e. The highest BCUT2D eigenvalue weighted by molar-refractivity contribution is 5.62. The third-order valence-electron chi connectivity index (χ3n) is 2.14. The average Bonchev–Trinajstić information content (AvgIpc) is 2.30. The van der Waals surface area contributed by atoms with Crippen molar-refractivity contribution in [3.8, 4) is 17.1 Å². The van der Waals surface area contributed by atoms with Crippen LogP contribution in [0.25, 0.3) is 11.3 Å². The number of nitrogen functional groups attached to an aromatic ring is 1. The molecule has 76 valence electrons. The van der Waals surface area contributed by atoms with Crippen LogP contribution in [0.4, 0.5) is 5.69 Å². The van der Waals surface area contributed by atoms with Crippen LogP contribution in [0.15, 0.2) is 42.5 Å². The van der Waals surface area contributed by atoms with Crippen LogP contribution in [0.5, 0.6) is 5.88 Å². The van der Waals surface area contributed by atoms with Gasteiger partial charge in [0, 0.05) is 17.3 Å². The van der Waals surface area contributed by atoms with Crippen LogP contribution in [0.2, 0.25) is 0 Å². The molecule has 1 heterocycles. The lowest BCUT2D eigenvalue weighted by Gasteiger charge is -2.03. The first-order chi connectivity index (χ1) is 7.29. The lowest BCUT2D eigenvalue weighted by molar-refractivity contribution is 0.398. The molecule has 1 aromatic carbocycles. The third kappa shape index (κ3) is 2.07. The molecule has 0 radical (unpaired) electrons. The average molecular weight is 200 g/mol. The number of nitrogens with two attached hydrogens (primary N) is 1. The molecule has 0 amide bonds. The predicted molar refractivity (Wildman–Crippen MR) is 60.6 cm³/mol. The quantitative estimate of drug-likeness (QED) is 0.757. The smallest absolute Gasteiger partial charge is 0.213 e. The van der Waals surface area contributed by atoms with Crippen LogP contribution < -0.4 is 10.5 Å². The summed E-state index contributed by atoms with van der Waals surface area (Å²) in [6, 6.07) is 13.3. The van der Waals surface area contributed by atoms with Gasteiger partial charge >= 0.3 is 0 Å². The highest BCUT2D eigenvalue weighted by Gasteiger charge is 2.00. The van der Waals surface area contributed by atoms with Gasteiger partial charge in [-0.15, -0.1) is 0 Å². The van der Waals surface area contributed by atoms with E-state index in [0.717, 1.165) is 16.9 Å². The van der Waals surface area contributed by atoms with E-state index >= 15 is 0 Å². The molecule has 0 aliphatic carbocycles. The molecule has 3 nitrogen and oxygen atoms in total. The van der Waals surface area contributed by atoms with Crippen molar-refractivity contribution >= 4 is 5.69 Å². The second-order valence-electron chi connectivity index (χ2n) is 3.19. The molecule has 2 N–H and O–H groups in total. The van der Waals surface area contributed by atoms with Gasteiger partial charge in [0.15, 0.2) is 0 Å². The van der Waals surface area contributed by atoms with E-state index in [-0.39, 0.29) is 0 Å². The Kier molecular flexibility index (Phi) is 2.54. The molecule has 2 aromatic rings. The molecular formula is C12H12N2O. The van der Waals surface area contributed by atoms with E-state index < -0.39 is 0 Å². The van der Waals surface area contributed by atoms with E-state index in [1.807, 2.05) is 42.5 Å². The maximum atomic E-state index is 5.62. The number of benzene rings is 1. The lowest BCUT2D eigenvalue weighted by Crippen LogP contribution is -1.90. The normalized spacial score (nSPS) is 9.93. The summed E-state index contributed by atoms with van der Waals surface area (Å²) in [4.78, 5) is 4.33. The number of rotatable bonds is 2. The Morgan fingerprint density at radius 1 is 1.07 bits per heavy atom. The molecule has 2 rings (SSSR count). The first-order valence-corrected chi connectivity index (χ1v) is 4.66. The second kappa shape index (κ2) is 4.00. The van der Waals surface area contributed by atoms with Crippen LogP contribution in [-0.2, 0) is 0 Å². The van der Waals surface area contributed by atoms with Crippen molar-refractivity contribution < 1.29 is 4.74 Å². The van der Waals surface area contributed by atoms with Crippen LogP contribution in [0.1, 0.15) is 0 Å². The van der Waals surface area contributed by atoms with Crippen LogP contribution in [0, 0.1) is 0 Å². The van der Waals surface area contributed by atoms with E-state index in [4.69, 9.17) is 10.5 Å². The van der Waals surface area contributed by atoms with Gasteiger partial charge in [0.25, 0.3) is 0 Å². The summed E-state index contributed by atoms with van der Waals surface area (Å²) in [6.07, 6.45) is 0. The molecule has 0 fully saturated rings. The first-order valence-electron chi connectivity index (χ1n) is 4.66. The summed E-state index contributed by atoms with van der Waals surface area (Å²) in [5, 5.41) is 0. The number of aromatic nitrogens is 1. The SMILES string of the molecule is COc1cccc(-c2ccc(N)cc2)n1. The van der Waals surface area contributed by atoms with Crippen molar-refractivity contribution in [2.45, 2.75) is 0 Å². The van der Waals surface area contributed by atoms with Crippen molar-refractivity contribution in [2.24, 2.45) is 0 Å². The Morgan fingerprint density at radius 2 is 1.80 bits per heavy atom. The number of ether oxygens (including phenoxy) is 1. The van der Waals surface area contributed by atoms with Gasteiger partial charge < -0.3 is 10.5 Å². The van der Waals surface area contributed by atoms with Crippen LogP contribution in [-0.4, -0.2) is 12.1 Å². The minimum atomic E-state index is 0.615. The van der Waals surface area contributed by atoms with Gasteiger partial charge in [-0.1, -0.05) is 18.2 Å². The second-order valence-corrected chi connectivity index (χ2v) is 3.19. The van der Waals surface area contributed by atoms with E-state index in [9.17, 15) is 0 Å². The largest absolute Gasteiger partial charge is 0.481 e. The number of hydrogen-bond acceptors (Lipinski definition) is 3. The molecule has 0 aliphatic heterocycles. The van der Waals surface area contributed by atoms with Gasteiger partial charge in [-0.2, -0.15) is 0 Å². The molecule has 0 saturated heterocycles. The lowest BCUT2D eigenvalue weighted by atomic mass is 10.1. The van der Waals surface area contributed by atoms with Gasteiger partial charge in [-0.3, -0.25) is 0 Å². The molecule has 0 bridgehead atoms. The van der Waals surface area contributed by atoms with Crippen molar-refractivity contribution in [3.63, 3.8) is 0 Å². The zero-order valence-corrected chi connectivity index (χ0v) is 8.47. The Labute approximate surface area is 88.5 Å². The number of anilines is 1. The summed E-state index contributed by atoms with van der Waals surface area (Å²) in [5.74, 6) is 0.615. The van der Waals surface area contributed by atoms with E-state index in [1.165, 1.54) is 0 Å². The van der Waals surface area contributed by atoms with Crippen molar-refractivity contribution in [1.29, 1.82) is 0 Å². The maximum Gasteiger partial charge on any atom is 0.213 e. The first kappa shape index (κ1) is 9.52. The predicted octanol–water partition coefficient (Wildman–Crippen LogP) is 2.34. The molecule has 15 heavy (non-hydrogen) atoms. The fourth-order valence-corrected chi connectivity index (χ4v) is 1.34. The monoisotopic (exact) mass is 200 g/mol. The highest BCUT2D eigenvalue weighted by Crippen LogP contribution is 2.20. The summed E-state index contributed by atoms with van der Waals surface area (Å²) in [6.45, 7) is 0. The Hall–Kier alpha value is -2.03. The molecular weight excluding hydrogens is 188 g/mol. The highest BCUT2D eigenvalue weighted by atomic mass is 16.5. The van der Waals surface area contributed by atoms with Crippen LogP contribution >= 0.6 is 0 Å². The zero-order valence-electron chi connectivity index (χ0n) is 8.47. The number of pyridine rings is 1. The fourth-order valence-electron chi connectivity index (χ4n) is 1.34. The minimum absolute atomic E-state index is 0.615. The number of nitrogens with zero attached hydrogens (tertiary/aromatic N) is 1. The molecule has 0 spiro atoms. The molecule has 3 heteroatoms. The molecule has 0 saturated carbocycles. The molecule has 0 atom stereocenters. The Bertz CT molecular complexity index is 451.